The minimum Gasteiger partial charge on any atom is -0.278 e. The molecular formula is C36H29N5Si. The molecule has 5 aromatic carbocycles. The van der Waals surface area contributed by atoms with E-state index in [0.29, 0.717) is 17.7 Å². The van der Waals surface area contributed by atoms with Crippen LogP contribution < -0.4 is 5.19 Å². The number of hydrogen-bond acceptors (Lipinski definition) is 3. The Morgan fingerprint density at radius 3 is 1.26 bits per heavy atom. The predicted molar refractivity (Wildman–Crippen MR) is 177 cm³/mol. The molecule has 3 aromatic heterocycles. The summed E-state index contributed by atoms with van der Waals surface area (Å²) in [6, 6.07) is 42.6. The molecule has 0 saturated heterocycles. The molecule has 3 heterocycles. The van der Waals surface area contributed by atoms with E-state index in [1.165, 1.54) is 26.7 Å². The van der Waals surface area contributed by atoms with Gasteiger partial charge >= 0.3 is 0 Å². The first-order chi connectivity index (χ1) is 20.5. The number of para-hydroxylation sites is 4. The minimum absolute atomic E-state index is 0.604. The lowest BCUT2D eigenvalue weighted by Gasteiger charge is -2.17. The lowest BCUT2D eigenvalue weighted by Crippen LogP contribution is -2.37. The van der Waals surface area contributed by atoms with Crippen LogP contribution in [0.3, 0.4) is 0 Å². The fraction of sp³-hybridized carbons (Fsp3) is 0.0833. The quantitative estimate of drug-likeness (QED) is 0.204. The van der Waals surface area contributed by atoms with Crippen molar-refractivity contribution < 1.29 is 0 Å². The maximum Gasteiger partial charge on any atom is 0.240 e. The molecule has 0 aliphatic carbocycles. The number of nitrogens with zero attached hydrogens (tertiary/aromatic N) is 5. The molecule has 0 aliphatic heterocycles. The Balaban J connectivity index is 1.49. The van der Waals surface area contributed by atoms with E-state index in [1.54, 1.807) is 0 Å². The monoisotopic (exact) mass is 559 g/mol. The van der Waals surface area contributed by atoms with Crippen LogP contribution in [0.5, 0.6) is 0 Å². The Labute approximate surface area is 244 Å². The van der Waals surface area contributed by atoms with E-state index < -0.39 is 8.07 Å². The fourth-order valence-corrected chi connectivity index (χ4v) is 7.27. The van der Waals surface area contributed by atoms with E-state index in [-0.39, 0.29) is 0 Å². The van der Waals surface area contributed by atoms with Crippen molar-refractivity contribution >= 4 is 56.9 Å². The van der Waals surface area contributed by atoms with Gasteiger partial charge in [0.15, 0.2) is 5.82 Å². The van der Waals surface area contributed by atoms with Gasteiger partial charge in [0.2, 0.25) is 11.9 Å². The molecule has 0 spiro atoms. The van der Waals surface area contributed by atoms with Gasteiger partial charge in [-0.1, -0.05) is 122 Å². The SMILES string of the molecule is C[Si](C)(C)c1cccc(-c2nc(-n3c4ccccc4c4ccccc43)nc(-n3c4ccccc4c4ccccc43)n2)c1. The van der Waals surface area contributed by atoms with Crippen molar-refractivity contribution in [3.63, 3.8) is 0 Å². The lowest BCUT2D eigenvalue weighted by atomic mass is 10.2. The van der Waals surface area contributed by atoms with E-state index in [0.717, 1.165) is 27.6 Å². The molecule has 0 fully saturated rings. The number of aromatic nitrogens is 5. The Morgan fingerprint density at radius 2 is 0.857 bits per heavy atom. The van der Waals surface area contributed by atoms with Crippen LogP contribution in [-0.2, 0) is 0 Å². The standard InChI is InChI=1S/C36H29N5Si/c1-42(2,3)25-14-12-13-24(23-25)34-37-35(40-30-19-8-4-15-26(30)27-16-5-9-20-31(27)40)39-36(38-34)41-32-21-10-6-17-28(32)29-18-7-11-22-33(29)41/h4-23H,1-3H3. The van der Waals surface area contributed by atoms with Crippen molar-refractivity contribution in [2.45, 2.75) is 19.6 Å². The Morgan fingerprint density at radius 1 is 0.452 bits per heavy atom. The molecule has 8 rings (SSSR count). The Hall–Kier alpha value is -5.07. The molecule has 0 aliphatic rings. The Kier molecular flexibility index (Phi) is 5.43. The van der Waals surface area contributed by atoms with Crippen LogP contribution in [0.25, 0.3) is 66.9 Å². The molecule has 0 bridgehead atoms. The molecule has 0 amide bonds. The zero-order valence-corrected chi connectivity index (χ0v) is 24.8. The first kappa shape index (κ1) is 24.7. The number of hydrogen-bond donors (Lipinski definition) is 0. The van der Waals surface area contributed by atoms with Crippen molar-refractivity contribution in [1.82, 2.24) is 24.1 Å². The second kappa shape index (κ2) is 9.22. The van der Waals surface area contributed by atoms with E-state index >= 15 is 0 Å². The van der Waals surface area contributed by atoms with Crippen LogP contribution in [-0.4, -0.2) is 32.2 Å². The molecule has 42 heavy (non-hydrogen) atoms. The third-order valence-corrected chi connectivity index (χ3v) is 10.2. The second-order valence-electron chi connectivity index (χ2n) is 11.8. The molecule has 0 saturated carbocycles. The Bertz CT molecular complexity index is 2070. The summed E-state index contributed by atoms with van der Waals surface area (Å²) in [6.07, 6.45) is 0. The van der Waals surface area contributed by atoms with Crippen LogP contribution >= 0.6 is 0 Å². The van der Waals surface area contributed by atoms with Gasteiger partial charge in [-0.25, -0.2) is 0 Å². The summed E-state index contributed by atoms with van der Waals surface area (Å²) >= 11 is 0. The van der Waals surface area contributed by atoms with Crippen LogP contribution in [0.2, 0.25) is 19.6 Å². The highest BCUT2D eigenvalue weighted by atomic mass is 28.3. The third kappa shape index (κ3) is 3.79. The van der Waals surface area contributed by atoms with Crippen LogP contribution in [0.15, 0.2) is 121 Å². The van der Waals surface area contributed by atoms with E-state index in [9.17, 15) is 0 Å². The molecule has 0 radical (unpaired) electrons. The highest BCUT2D eigenvalue weighted by molar-refractivity contribution is 6.88. The average Bonchev–Trinajstić information content (AvgIpc) is 3.54. The minimum atomic E-state index is -1.56. The largest absolute Gasteiger partial charge is 0.278 e. The van der Waals surface area contributed by atoms with Crippen LogP contribution in [0.1, 0.15) is 0 Å². The van der Waals surface area contributed by atoms with Gasteiger partial charge < -0.3 is 0 Å². The van der Waals surface area contributed by atoms with E-state index in [4.69, 9.17) is 15.0 Å². The summed E-state index contributed by atoms with van der Waals surface area (Å²) in [5.41, 5.74) is 5.28. The summed E-state index contributed by atoms with van der Waals surface area (Å²) in [7, 11) is -1.56. The fourth-order valence-electron chi connectivity index (χ4n) is 6.08. The summed E-state index contributed by atoms with van der Waals surface area (Å²) in [4.78, 5) is 15.6. The molecule has 0 unspecified atom stereocenters. The first-order valence-electron chi connectivity index (χ1n) is 14.3. The molecule has 0 atom stereocenters. The molecule has 5 nitrogen and oxygen atoms in total. The van der Waals surface area contributed by atoms with Crippen LogP contribution in [0, 0.1) is 0 Å². The topological polar surface area (TPSA) is 48.5 Å². The summed E-state index contributed by atoms with van der Waals surface area (Å²) in [5, 5.41) is 6.07. The van der Waals surface area contributed by atoms with Gasteiger partial charge in [-0.15, -0.1) is 0 Å². The normalized spacial score (nSPS) is 12.2. The van der Waals surface area contributed by atoms with Gasteiger partial charge in [0.25, 0.3) is 0 Å². The molecular weight excluding hydrogens is 531 g/mol. The number of benzene rings is 5. The average molecular weight is 560 g/mol. The maximum absolute atomic E-state index is 5.23. The van der Waals surface area contributed by atoms with Gasteiger partial charge in [0.05, 0.1) is 30.1 Å². The molecule has 6 heteroatoms. The van der Waals surface area contributed by atoms with E-state index in [2.05, 4.69) is 150 Å². The van der Waals surface area contributed by atoms with Crippen molar-refractivity contribution in [2.75, 3.05) is 0 Å². The second-order valence-corrected chi connectivity index (χ2v) is 16.9. The van der Waals surface area contributed by atoms with Gasteiger partial charge in [-0.05, 0) is 24.3 Å². The van der Waals surface area contributed by atoms with Crippen LogP contribution in [0.4, 0.5) is 0 Å². The maximum atomic E-state index is 5.23. The van der Waals surface area contributed by atoms with Crippen molar-refractivity contribution in [2.24, 2.45) is 0 Å². The van der Waals surface area contributed by atoms with Gasteiger partial charge in [0.1, 0.15) is 0 Å². The summed E-state index contributed by atoms with van der Waals surface area (Å²) < 4.78 is 4.35. The third-order valence-electron chi connectivity index (χ3n) is 8.16. The zero-order chi connectivity index (χ0) is 28.4. The van der Waals surface area contributed by atoms with Crippen molar-refractivity contribution in [1.29, 1.82) is 0 Å². The first-order valence-corrected chi connectivity index (χ1v) is 17.8. The molecule has 202 valence electrons. The van der Waals surface area contributed by atoms with E-state index in [1.807, 2.05) is 0 Å². The summed E-state index contributed by atoms with van der Waals surface area (Å²) in [6.45, 7) is 7.10. The molecule has 0 N–H and O–H groups in total. The van der Waals surface area contributed by atoms with Gasteiger partial charge in [0, 0.05) is 27.1 Å². The number of fused-ring (bicyclic) bond motifs is 6. The highest BCUT2D eigenvalue weighted by Gasteiger charge is 2.21. The lowest BCUT2D eigenvalue weighted by molar-refractivity contribution is 0.893. The van der Waals surface area contributed by atoms with Crippen molar-refractivity contribution in [3.05, 3.63) is 121 Å². The predicted octanol–water partition coefficient (Wildman–Crippen LogP) is 8.28. The summed E-state index contributed by atoms with van der Waals surface area (Å²) in [5.74, 6) is 1.87. The highest BCUT2D eigenvalue weighted by Crippen LogP contribution is 2.34. The number of rotatable bonds is 4. The smallest absolute Gasteiger partial charge is 0.240 e. The van der Waals surface area contributed by atoms with Gasteiger partial charge in [-0.3, -0.25) is 9.13 Å². The van der Waals surface area contributed by atoms with Gasteiger partial charge in [-0.2, -0.15) is 15.0 Å². The zero-order valence-electron chi connectivity index (χ0n) is 23.8. The molecule has 8 aromatic rings. The van der Waals surface area contributed by atoms with Crippen molar-refractivity contribution in [3.8, 4) is 23.3 Å².